The van der Waals surface area contributed by atoms with E-state index in [2.05, 4.69) is 30.1 Å². The van der Waals surface area contributed by atoms with E-state index in [1.165, 1.54) is 17.5 Å². The van der Waals surface area contributed by atoms with Crippen LogP contribution >= 0.6 is 11.8 Å². The Morgan fingerprint density at radius 3 is 2.96 bits per heavy atom. The molecule has 5 heteroatoms. The number of thioether (sulfide) groups is 1. The van der Waals surface area contributed by atoms with E-state index >= 15 is 0 Å². The van der Waals surface area contributed by atoms with Crippen LogP contribution in [0.4, 0.5) is 0 Å². The molecule has 1 aromatic carbocycles. The maximum atomic E-state index is 12.7. The SMILES string of the molecule is Cc1ccc(C(=O)Cc2ccc3c(c2)[C@]2(C)N=C(N)SC[C@@H]2CCC3)nc1. The number of nitrogens with zero attached hydrogens (tertiary/aromatic N) is 2. The first kappa shape index (κ1) is 18.2. The van der Waals surface area contributed by atoms with Crippen LogP contribution in [0.15, 0.2) is 41.5 Å². The van der Waals surface area contributed by atoms with Crippen molar-refractivity contribution >= 4 is 22.7 Å². The molecule has 2 N–H and O–H groups in total. The van der Waals surface area contributed by atoms with Gasteiger partial charge in [0.15, 0.2) is 11.0 Å². The van der Waals surface area contributed by atoms with Crippen LogP contribution in [-0.4, -0.2) is 21.7 Å². The van der Waals surface area contributed by atoms with E-state index in [-0.39, 0.29) is 11.3 Å². The van der Waals surface area contributed by atoms with E-state index in [1.54, 1.807) is 18.0 Å². The van der Waals surface area contributed by atoms with Crippen LogP contribution < -0.4 is 5.73 Å². The average molecular weight is 380 g/mol. The van der Waals surface area contributed by atoms with Gasteiger partial charge in [-0.05, 0) is 67.3 Å². The first-order chi connectivity index (χ1) is 13.0. The smallest absolute Gasteiger partial charge is 0.185 e. The number of aromatic nitrogens is 1. The molecule has 1 aliphatic carbocycles. The minimum Gasteiger partial charge on any atom is -0.379 e. The Morgan fingerprint density at radius 1 is 1.33 bits per heavy atom. The van der Waals surface area contributed by atoms with Crippen molar-refractivity contribution in [2.75, 3.05) is 5.75 Å². The van der Waals surface area contributed by atoms with Crippen LogP contribution in [0.5, 0.6) is 0 Å². The fourth-order valence-corrected chi connectivity index (χ4v) is 5.33. The molecule has 1 aliphatic heterocycles. The number of rotatable bonds is 3. The quantitative estimate of drug-likeness (QED) is 0.817. The van der Waals surface area contributed by atoms with Gasteiger partial charge in [-0.2, -0.15) is 0 Å². The summed E-state index contributed by atoms with van der Waals surface area (Å²) in [5.41, 5.74) is 11.0. The standard InChI is InChI=1S/C22H25N3OS/c1-14-6-9-19(24-12-14)20(26)11-15-7-8-16-4-3-5-17-13-27-21(23)25-22(17,2)18(16)10-15/h6-10,12,17H,3-5,11,13H2,1-2H3,(H2,23,25)/t17-,22+/m0/s1. The van der Waals surface area contributed by atoms with Gasteiger partial charge in [-0.25, -0.2) is 0 Å². The highest BCUT2D eigenvalue weighted by Gasteiger charge is 2.41. The Labute approximate surface area is 164 Å². The van der Waals surface area contributed by atoms with Gasteiger partial charge < -0.3 is 5.73 Å². The van der Waals surface area contributed by atoms with E-state index < -0.39 is 0 Å². The third-order valence-electron chi connectivity index (χ3n) is 5.85. The predicted octanol–water partition coefficient (Wildman–Crippen LogP) is 4.04. The third-order valence-corrected chi connectivity index (χ3v) is 6.81. The minimum atomic E-state index is -0.289. The number of benzene rings is 1. The second kappa shape index (κ2) is 7.12. The number of nitrogens with two attached hydrogens (primary N) is 1. The molecule has 2 atom stereocenters. The molecular formula is C22H25N3OS. The van der Waals surface area contributed by atoms with Crippen molar-refractivity contribution in [3.63, 3.8) is 0 Å². The molecule has 0 saturated heterocycles. The monoisotopic (exact) mass is 379 g/mol. The van der Waals surface area contributed by atoms with Crippen molar-refractivity contribution in [2.45, 2.75) is 45.1 Å². The van der Waals surface area contributed by atoms with Crippen LogP contribution in [0, 0.1) is 12.8 Å². The molecule has 2 heterocycles. The maximum Gasteiger partial charge on any atom is 0.185 e. The molecule has 0 bridgehead atoms. The van der Waals surface area contributed by atoms with Gasteiger partial charge in [-0.1, -0.05) is 36.0 Å². The zero-order chi connectivity index (χ0) is 19.0. The second-order valence-electron chi connectivity index (χ2n) is 7.81. The number of pyridine rings is 1. The Bertz CT molecular complexity index is 906. The Kier molecular flexibility index (Phi) is 4.81. The number of hydrogen-bond acceptors (Lipinski definition) is 5. The summed E-state index contributed by atoms with van der Waals surface area (Å²) in [6, 6.07) is 10.2. The molecule has 140 valence electrons. The fourth-order valence-electron chi connectivity index (χ4n) is 4.22. The van der Waals surface area contributed by atoms with Crippen molar-refractivity contribution in [1.82, 2.24) is 4.98 Å². The number of aliphatic imine (C=N–C) groups is 1. The molecule has 0 unspecified atom stereocenters. The van der Waals surface area contributed by atoms with Crippen molar-refractivity contribution in [3.05, 3.63) is 64.5 Å². The number of amidine groups is 1. The maximum absolute atomic E-state index is 12.7. The summed E-state index contributed by atoms with van der Waals surface area (Å²) >= 11 is 1.66. The van der Waals surface area contributed by atoms with Gasteiger partial charge in [0, 0.05) is 18.4 Å². The first-order valence-electron chi connectivity index (χ1n) is 9.52. The van der Waals surface area contributed by atoms with Crippen molar-refractivity contribution < 1.29 is 4.79 Å². The molecule has 0 radical (unpaired) electrons. The summed E-state index contributed by atoms with van der Waals surface area (Å²) in [7, 11) is 0. The van der Waals surface area contributed by atoms with Gasteiger partial charge in [0.2, 0.25) is 0 Å². The number of carbonyl (C=O) groups excluding carboxylic acids is 1. The zero-order valence-electron chi connectivity index (χ0n) is 15.9. The van der Waals surface area contributed by atoms with E-state index in [9.17, 15) is 4.79 Å². The summed E-state index contributed by atoms with van der Waals surface area (Å²) in [4.78, 5) is 21.8. The molecule has 0 spiro atoms. The summed E-state index contributed by atoms with van der Waals surface area (Å²) < 4.78 is 0. The average Bonchev–Trinajstić information content (AvgIpc) is 2.78. The largest absolute Gasteiger partial charge is 0.379 e. The molecule has 0 fully saturated rings. The molecule has 4 nitrogen and oxygen atoms in total. The highest BCUT2D eigenvalue weighted by Crippen LogP contribution is 2.45. The molecular weight excluding hydrogens is 354 g/mol. The van der Waals surface area contributed by atoms with Crippen LogP contribution in [0.2, 0.25) is 0 Å². The summed E-state index contributed by atoms with van der Waals surface area (Å²) in [5.74, 6) is 1.55. The normalized spacial score (nSPS) is 24.4. The van der Waals surface area contributed by atoms with E-state index in [4.69, 9.17) is 10.7 Å². The number of aryl methyl sites for hydroxylation is 2. The summed E-state index contributed by atoms with van der Waals surface area (Å²) in [6.07, 6.45) is 5.51. The predicted molar refractivity (Wildman–Crippen MR) is 111 cm³/mol. The van der Waals surface area contributed by atoms with Crippen molar-refractivity contribution in [3.8, 4) is 0 Å². The number of hydrogen-bond donors (Lipinski definition) is 1. The molecule has 0 saturated carbocycles. The van der Waals surface area contributed by atoms with Gasteiger partial charge >= 0.3 is 0 Å². The van der Waals surface area contributed by atoms with Crippen LogP contribution in [0.3, 0.4) is 0 Å². The van der Waals surface area contributed by atoms with Gasteiger partial charge in [0.1, 0.15) is 5.69 Å². The third kappa shape index (κ3) is 3.53. The molecule has 1 aromatic heterocycles. The van der Waals surface area contributed by atoms with Crippen molar-refractivity contribution in [1.29, 1.82) is 0 Å². The number of fused-ring (bicyclic) bond motifs is 3. The lowest BCUT2D eigenvalue weighted by molar-refractivity contribution is 0.0988. The van der Waals surface area contributed by atoms with Crippen molar-refractivity contribution in [2.24, 2.45) is 16.6 Å². The Balaban J connectivity index is 1.68. The summed E-state index contributed by atoms with van der Waals surface area (Å²) in [5, 5.41) is 0.673. The highest BCUT2D eigenvalue weighted by molar-refractivity contribution is 8.13. The van der Waals surface area contributed by atoms with Crippen LogP contribution in [-0.2, 0) is 18.4 Å². The second-order valence-corrected chi connectivity index (χ2v) is 8.85. The lowest BCUT2D eigenvalue weighted by Crippen LogP contribution is -2.37. The van der Waals surface area contributed by atoms with Gasteiger partial charge in [-0.3, -0.25) is 14.8 Å². The van der Waals surface area contributed by atoms with Crippen LogP contribution in [0.1, 0.15) is 52.5 Å². The van der Waals surface area contributed by atoms with Gasteiger partial charge in [-0.15, -0.1) is 0 Å². The number of ketones is 1. The van der Waals surface area contributed by atoms with Gasteiger partial charge in [0.25, 0.3) is 0 Å². The molecule has 4 rings (SSSR count). The number of carbonyl (C=O) groups is 1. The molecule has 2 aliphatic rings. The van der Waals surface area contributed by atoms with Crippen LogP contribution in [0.25, 0.3) is 0 Å². The Hall–Kier alpha value is -2.14. The molecule has 2 aromatic rings. The van der Waals surface area contributed by atoms with Gasteiger partial charge in [0.05, 0.1) is 5.54 Å². The highest BCUT2D eigenvalue weighted by atomic mass is 32.2. The minimum absolute atomic E-state index is 0.0486. The fraction of sp³-hybridized carbons (Fsp3) is 0.409. The number of Topliss-reactive ketones (excluding diaryl/α,β-unsaturated/α-hetero) is 1. The molecule has 0 amide bonds. The Morgan fingerprint density at radius 2 is 2.19 bits per heavy atom. The summed E-state index contributed by atoms with van der Waals surface area (Å²) in [6.45, 7) is 4.18. The first-order valence-corrected chi connectivity index (χ1v) is 10.5. The van der Waals surface area contributed by atoms with E-state index in [0.29, 0.717) is 23.2 Å². The topological polar surface area (TPSA) is 68.3 Å². The van der Waals surface area contributed by atoms with E-state index in [0.717, 1.165) is 29.7 Å². The lowest BCUT2D eigenvalue weighted by atomic mass is 9.78. The lowest BCUT2D eigenvalue weighted by Gasteiger charge is -2.37. The zero-order valence-corrected chi connectivity index (χ0v) is 16.7. The van der Waals surface area contributed by atoms with E-state index in [1.807, 2.05) is 19.1 Å². The molecule has 27 heavy (non-hydrogen) atoms.